The van der Waals surface area contributed by atoms with Gasteiger partial charge in [-0.05, 0) is 29.9 Å². The minimum atomic E-state index is -0.750. The van der Waals surface area contributed by atoms with Gasteiger partial charge in [0.05, 0.1) is 12.0 Å². The second-order valence-corrected chi connectivity index (χ2v) is 8.82. The SMILES string of the molecule is CCS(=O)C1CC(Oc2ncc(C(C)COC)c3cc(Cl)ncc23)C1. The molecule has 0 saturated heterocycles. The van der Waals surface area contributed by atoms with E-state index < -0.39 is 10.8 Å². The van der Waals surface area contributed by atoms with Crippen LogP contribution in [0.2, 0.25) is 5.15 Å². The monoisotopic (exact) mass is 382 g/mol. The zero-order chi connectivity index (χ0) is 18.0. The van der Waals surface area contributed by atoms with Crippen molar-refractivity contribution in [1.82, 2.24) is 9.97 Å². The maximum absolute atomic E-state index is 11.8. The molecule has 2 unspecified atom stereocenters. The number of methoxy groups -OCH3 is 1. The molecule has 2 aromatic rings. The van der Waals surface area contributed by atoms with Crippen LogP contribution >= 0.6 is 11.6 Å². The zero-order valence-electron chi connectivity index (χ0n) is 14.7. The lowest BCUT2D eigenvalue weighted by molar-refractivity contribution is 0.121. The van der Waals surface area contributed by atoms with Crippen LogP contribution in [-0.2, 0) is 15.5 Å². The van der Waals surface area contributed by atoms with E-state index in [-0.39, 0.29) is 17.3 Å². The summed E-state index contributed by atoms with van der Waals surface area (Å²) < 4.78 is 23.2. The lowest BCUT2D eigenvalue weighted by Gasteiger charge is -2.34. The van der Waals surface area contributed by atoms with Gasteiger partial charge in [0.2, 0.25) is 5.88 Å². The molecule has 2 heterocycles. The van der Waals surface area contributed by atoms with Crippen molar-refractivity contribution in [2.24, 2.45) is 0 Å². The Morgan fingerprint density at radius 1 is 1.32 bits per heavy atom. The highest BCUT2D eigenvalue weighted by Gasteiger charge is 2.35. The average Bonchev–Trinajstić information content (AvgIpc) is 2.56. The standard InChI is InChI=1S/C18H23ClN2O3S/c1-4-25(22)13-5-12(6-13)24-18-16-9-20-17(19)7-14(16)15(8-21-18)11(2)10-23-3/h7-9,11-13H,4-6,10H2,1-3H3. The maximum Gasteiger partial charge on any atom is 0.223 e. The third-order valence-corrected chi connectivity index (χ3v) is 6.57. The first-order chi connectivity index (χ1) is 12.0. The van der Waals surface area contributed by atoms with Crippen LogP contribution in [0.3, 0.4) is 0 Å². The van der Waals surface area contributed by atoms with Gasteiger partial charge in [-0.15, -0.1) is 0 Å². The number of hydrogen-bond donors (Lipinski definition) is 0. The third kappa shape index (κ3) is 3.96. The predicted molar refractivity (Wildman–Crippen MR) is 101 cm³/mol. The normalized spacial score (nSPS) is 22.4. The summed E-state index contributed by atoms with van der Waals surface area (Å²) in [5, 5.41) is 2.53. The fourth-order valence-corrected chi connectivity index (χ4v) is 4.64. The molecule has 1 aliphatic rings. The molecule has 1 saturated carbocycles. The van der Waals surface area contributed by atoms with E-state index in [0.717, 1.165) is 29.2 Å². The Hall–Kier alpha value is -1.24. The van der Waals surface area contributed by atoms with E-state index in [1.165, 1.54) is 0 Å². The van der Waals surface area contributed by atoms with Crippen molar-refractivity contribution in [2.75, 3.05) is 19.5 Å². The molecule has 0 bridgehead atoms. The van der Waals surface area contributed by atoms with Gasteiger partial charge in [0.15, 0.2) is 0 Å². The molecule has 7 heteroatoms. The molecular weight excluding hydrogens is 360 g/mol. The van der Waals surface area contributed by atoms with E-state index in [2.05, 4.69) is 16.9 Å². The maximum atomic E-state index is 11.8. The van der Waals surface area contributed by atoms with Crippen LogP contribution in [0.5, 0.6) is 5.88 Å². The molecule has 0 radical (unpaired) electrons. The quantitative estimate of drug-likeness (QED) is 0.683. The van der Waals surface area contributed by atoms with Gasteiger partial charge in [-0.3, -0.25) is 4.21 Å². The number of hydrogen-bond acceptors (Lipinski definition) is 5. The molecule has 25 heavy (non-hydrogen) atoms. The smallest absolute Gasteiger partial charge is 0.223 e. The molecular formula is C18H23ClN2O3S. The Bertz CT molecular complexity index is 780. The minimum absolute atomic E-state index is 0.0640. The summed E-state index contributed by atoms with van der Waals surface area (Å²) in [5.74, 6) is 1.46. The van der Waals surface area contributed by atoms with Crippen molar-refractivity contribution in [3.63, 3.8) is 0 Å². The lowest BCUT2D eigenvalue weighted by Crippen LogP contribution is -2.41. The van der Waals surface area contributed by atoms with E-state index >= 15 is 0 Å². The Balaban J connectivity index is 1.85. The van der Waals surface area contributed by atoms with E-state index in [1.807, 2.05) is 19.2 Å². The minimum Gasteiger partial charge on any atom is -0.474 e. The van der Waals surface area contributed by atoms with Crippen molar-refractivity contribution in [3.8, 4) is 5.88 Å². The van der Waals surface area contributed by atoms with Gasteiger partial charge in [-0.25, -0.2) is 9.97 Å². The summed E-state index contributed by atoms with van der Waals surface area (Å²) in [4.78, 5) is 8.70. The summed E-state index contributed by atoms with van der Waals surface area (Å²) >= 11 is 6.10. The molecule has 2 aromatic heterocycles. The summed E-state index contributed by atoms with van der Waals surface area (Å²) in [6, 6.07) is 1.85. The van der Waals surface area contributed by atoms with Gasteiger partial charge < -0.3 is 9.47 Å². The van der Waals surface area contributed by atoms with Crippen molar-refractivity contribution in [2.45, 2.75) is 44.0 Å². The third-order valence-electron chi connectivity index (χ3n) is 4.67. The first kappa shape index (κ1) is 18.5. The van der Waals surface area contributed by atoms with Gasteiger partial charge in [-0.2, -0.15) is 0 Å². The first-order valence-electron chi connectivity index (χ1n) is 8.50. The topological polar surface area (TPSA) is 61.3 Å². The van der Waals surface area contributed by atoms with Crippen LogP contribution in [0.1, 0.15) is 38.2 Å². The number of pyridine rings is 2. The number of nitrogens with zero attached hydrogens (tertiary/aromatic N) is 2. The van der Waals surface area contributed by atoms with Crippen molar-refractivity contribution in [1.29, 1.82) is 0 Å². The Morgan fingerprint density at radius 2 is 2.08 bits per heavy atom. The highest BCUT2D eigenvalue weighted by Crippen LogP contribution is 2.35. The van der Waals surface area contributed by atoms with Gasteiger partial charge >= 0.3 is 0 Å². The Morgan fingerprint density at radius 3 is 2.76 bits per heavy atom. The lowest BCUT2D eigenvalue weighted by atomic mass is 9.95. The fourth-order valence-electron chi connectivity index (χ4n) is 3.15. The highest BCUT2D eigenvalue weighted by molar-refractivity contribution is 7.85. The average molecular weight is 383 g/mol. The molecule has 0 aliphatic heterocycles. The van der Waals surface area contributed by atoms with E-state index in [9.17, 15) is 4.21 Å². The second kappa shape index (κ2) is 7.98. The molecule has 1 aliphatic carbocycles. The van der Waals surface area contributed by atoms with Gasteiger partial charge in [-0.1, -0.05) is 25.4 Å². The number of ether oxygens (including phenoxy) is 2. The Labute approximate surface area is 155 Å². The van der Waals surface area contributed by atoms with Crippen molar-refractivity contribution in [3.05, 3.63) is 29.2 Å². The number of fused-ring (bicyclic) bond motifs is 1. The predicted octanol–water partition coefficient (Wildman–Crippen LogP) is 3.71. The summed E-state index contributed by atoms with van der Waals surface area (Å²) in [6.45, 7) is 4.64. The molecule has 3 rings (SSSR count). The van der Waals surface area contributed by atoms with Crippen LogP contribution in [-0.4, -0.2) is 45.0 Å². The van der Waals surface area contributed by atoms with E-state index in [0.29, 0.717) is 23.4 Å². The largest absolute Gasteiger partial charge is 0.474 e. The summed E-state index contributed by atoms with van der Waals surface area (Å²) in [5.41, 5.74) is 1.06. The molecule has 5 nitrogen and oxygen atoms in total. The fraction of sp³-hybridized carbons (Fsp3) is 0.556. The first-order valence-corrected chi connectivity index (χ1v) is 10.3. The molecule has 0 spiro atoms. The van der Waals surface area contributed by atoms with Crippen LogP contribution in [0.15, 0.2) is 18.5 Å². The van der Waals surface area contributed by atoms with Crippen molar-refractivity contribution >= 4 is 33.2 Å². The molecule has 0 N–H and O–H groups in total. The van der Waals surface area contributed by atoms with Gasteiger partial charge in [0, 0.05) is 47.2 Å². The van der Waals surface area contributed by atoms with Gasteiger partial charge in [0.25, 0.3) is 0 Å². The highest BCUT2D eigenvalue weighted by atomic mass is 35.5. The molecule has 0 amide bonds. The van der Waals surface area contributed by atoms with Crippen LogP contribution < -0.4 is 4.74 Å². The number of rotatable bonds is 7. The number of aromatic nitrogens is 2. The van der Waals surface area contributed by atoms with Crippen LogP contribution in [0.25, 0.3) is 10.8 Å². The van der Waals surface area contributed by atoms with Gasteiger partial charge in [0.1, 0.15) is 11.3 Å². The molecule has 0 aromatic carbocycles. The van der Waals surface area contributed by atoms with Crippen LogP contribution in [0.4, 0.5) is 0 Å². The van der Waals surface area contributed by atoms with Crippen molar-refractivity contribution < 1.29 is 13.7 Å². The number of halogens is 1. The van der Waals surface area contributed by atoms with E-state index in [1.54, 1.807) is 13.3 Å². The van der Waals surface area contributed by atoms with Crippen LogP contribution in [0, 0.1) is 0 Å². The second-order valence-electron chi connectivity index (χ2n) is 6.43. The van der Waals surface area contributed by atoms with E-state index in [4.69, 9.17) is 21.1 Å². The summed E-state index contributed by atoms with van der Waals surface area (Å²) in [6.07, 6.45) is 5.23. The Kier molecular flexibility index (Phi) is 5.92. The summed E-state index contributed by atoms with van der Waals surface area (Å²) in [7, 11) is 0.936. The zero-order valence-corrected chi connectivity index (χ0v) is 16.3. The molecule has 136 valence electrons. The molecule has 2 atom stereocenters. The molecule has 1 fully saturated rings.